The van der Waals surface area contributed by atoms with E-state index >= 15 is 0 Å². The minimum Gasteiger partial charge on any atom is -0.497 e. The first-order valence-corrected chi connectivity index (χ1v) is 5.69. The van der Waals surface area contributed by atoms with Crippen LogP contribution < -0.4 is 9.47 Å². The maximum atomic E-state index is 10.0. The molecule has 0 saturated heterocycles. The zero-order valence-electron chi connectivity index (χ0n) is 11.0. The van der Waals surface area contributed by atoms with Crippen molar-refractivity contribution in [1.29, 1.82) is 0 Å². The van der Waals surface area contributed by atoms with E-state index in [9.17, 15) is 5.11 Å². The lowest BCUT2D eigenvalue weighted by molar-refractivity contribution is 0.0118. The Morgan fingerprint density at radius 3 is 2.50 bits per heavy atom. The summed E-state index contributed by atoms with van der Waals surface area (Å²) >= 11 is 0. The van der Waals surface area contributed by atoms with Gasteiger partial charge >= 0.3 is 0 Å². The monoisotopic (exact) mass is 256 g/mol. The Morgan fingerprint density at radius 2 is 1.89 bits per heavy atom. The fraction of sp³-hybridized carbons (Fsp3) is 0.538. The standard InChI is InChI=1S/C13H20O5/c1-15-6-7-18-9-12(14)11-5-4-10(16-2)8-13(11)17-3/h4-5,8,12,14H,6-7,9H2,1-3H3. The summed E-state index contributed by atoms with van der Waals surface area (Å²) in [5.41, 5.74) is 0.677. The van der Waals surface area contributed by atoms with Crippen LogP contribution in [0.2, 0.25) is 0 Å². The van der Waals surface area contributed by atoms with E-state index in [-0.39, 0.29) is 6.61 Å². The van der Waals surface area contributed by atoms with Crippen molar-refractivity contribution in [3.05, 3.63) is 23.8 Å². The first-order chi connectivity index (χ1) is 8.72. The molecule has 5 nitrogen and oxygen atoms in total. The highest BCUT2D eigenvalue weighted by atomic mass is 16.5. The summed E-state index contributed by atoms with van der Waals surface area (Å²) in [6.45, 7) is 1.16. The van der Waals surface area contributed by atoms with Crippen LogP contribution >= 0.6 is 0 Å². The number of rotatable bonds is 8. The predicted molar refractivity (Wildman–Crippen MR) is 67.2 cm³/mol. The Morgan fingerprint density at radius 1 is 1.11 bits per heavy atom. The number of aliphatic hydroxyl groups is 1. The highest BCUT2D eigenvalue weighted by molar-refractivity contribution is 5.41. The summed E-state index contributed by atoms with van der Waals surface area (Å²) in [6, 6.07) is 5.27. The van der Waals surface area contributed by atoms with Crippen molar-refractivity contribution < 1.29 is 24.1 Å². The van der Waals surface area contributed by atoms with Crippen molar-refractivity contribution in [2.24, 2.45) is 0 Å². The van der Waals surface area contributed by atoms with E-state index in [1.807, 2.05) is 0 Å². The maximum absolute atomic E-state index is 10.0. The lowest BCUT2D eigenvalue weighted by Crippen LogP contribution is -2.11. The van der Waals surface area contributed by atoms with Crippen molar-refractivity contribution in [2.45, 2.75) is 6.10 Å². The minimum atomic E-state index is -0.734. The van der Waals surface area contributed by atoms with Crippen LogP contribution in [0.4, 0.5) is 0 Å². The molecule has 0 fully saturated rings. The Labute approximate surface area is 107 Å². The molecular weight excluding hydrogens is 236 g/mol. The third-order valence-electron chi connectivity index (χ3n) is 2.51. The summed E-state index contributed by atoms with van der Waals surface area (Å²) < 4.78 is 20.5. The lowest BCUT2D eigenvalue weighted by Gasteiger charge is -2.15. The summed E-state index contributed by atoms with van der Waals surface area (Å²) in [5, 5.41) is 10.0. The van der Waals surface area contributed by atoms with Gasteiger partial charge in [0.25, 0.3) is 0 Å². The summed E-state index contributed by atoms with van der Waals surface area (Å²) in [5.74, 6) is 1.26. The molecule has 0 saturated carbocycles. The zero-order chi connectivity index (χ0) is 13.4. The van der Waals surface area contributed by atoms with Crippen LogP contribution in [0, 0.1) is 0 Å². The molecule has 0 aromatic heterocycles. The Bertz CT molecular complexity index is 353. The average Bonchev–Trinajstić information content (AvgIpc) is 2.42. The highest BCUT2D eigenvalue weighted by Crippen LogP contribution is 2.29. The molecule has 5 heteroatoms. The summed E-state index contributed by atoms with van der Waals surface area (Å²) in [7, 11) is 4.74. The van der Waals surface area contributed by atoms with E-state index < -0.39 is 6.10 Å². The van der Waals surface area contributed by atoms with Gasteiger partial charge in [0.15, 0.2) is 0 Å². The number of benzene rings is 1. The van der Waals surface area contributed by atoms with E-state index in [1.54, 1.807) is 39.5 Å². The van der Waals surface area contributed by atoms with Gasteiger partial charge in [-0.05, 0) is 12.1 Å². The van der Waals surface area contributed by atoms with Crippen LogP contribution in [0.25, 0.3) is 0 Å². The van der Waals surface area contributed by atoms with Crippen molar-refractivity contribution >= 4 is 0 Å². The molecule has 1 aromatic carbocycles. The molecule has 1 aromatic rings. The number of aliphatic hydroxyl groups excluding tert-OH is 1. The molecule has 0 aliphatic carbocycles. The van der Waals surface area contributed by atoms with Gasteiger partial charge in [-0.25, -0.2) is 0 Å². The Hall–Kier alpha value is -1.30. The van der Waals surface area contributed by atoms with Gasteiger partial charge in [-0.2, -0.15) is 0 Å². The molecule has 0 aliphatic rings. The molecule has 0 radical (unpaired) electrons. The largest absolute Gasteiger partial charge is 0.497 e. The molecule has 0 aliphatic heterocycles. The van der Waals surface area contributed by atoms with Gasteiger partial charge in [0.2, 0.25) is 0 Å². The van der Waals surface area contributed by atoms with Crippen LogP contribution in [0.15, 0.2) is 18.2 Å². The van der Waals surface area contributed by atoms with E-state index in [4.69, 9.17) is 18.9 Å². The third-order valence-corrected chi connectivity index (χ3v) is 2.51. The second-order valence-electron chi connectivity index (χ2n) is 3.69. The minimum absolute atomic E-state index is 0.200. The number of hydrogen-bond donors (Lipinski definition) is 1. The van der Waals surface area contributed by atoms with Crippen LogP contribution in [-0.4, -0.2) is 46.3 Å². The second-order valence-corrected chi connectivity index (χ2v) is 3.69. The summed E-state index contributed by atoms with van der Waals surface area (Å²) in [4.78, 5) is 0. The zero-order valence-corrected chi connectivity index (χ0v) is 11.0. The first-order valence-electron chi connectivity index (χ1n) is 5.69. The molecule has 18 heavy (non-hydrogen) atoms. The Balaban J connectivity index is 2.63. The van der Waals surface area contributed by atoms with Crippen LogP contribution in [0.5, 0.6) is 11.5 Å². The van der Waals surface area contributed by atoms with Crippen LogP contribution in [-0.2, 0) is 9.47 Å². The van der Waals surface area contributed by atoms with Gasteiger partial charge in [-0.3, -0.25) is 0 Å². The maximum Gasteiger partial charge on any atom is 0.128 e. The second kappa shape index (κ2) is 7.92. The van der Waals surface area contributed by atoms with Crippen molar-refractivity contribution in [3.63, 3.8) is 0 Å². The Kier molecular flexibility index (Phi) is 6.49. The average molecular weight is 256 g/mol. The van der Waals surface area contributed by atoms with Crippen molar-refractivity contribution in [3.8, 4) is 11.5 Å². The fourth-order valence-electron chi connectivity index (χ4n) is 1.52. The number of methoxy groups -OCH3 is 3. The first kappa shape index (κ1) is 14.8. The highest BCUT2D eigenvalue weighted by Gasteiger charge is 2.14. The molecule has 1 atom stereocenters. The SMILES string of the molecule is COCCOCC(O)c1ccc(OC)cc1OC. The van der Waals surface area contributed by atoms with Gasteiger partial charge in [-0.1, -0.05) is 0 Å². The van der Waals surface area contributed by atoms with Gasteiger partial charge in [-0.15, -0.1) is 0 Å². The van der Waals surface area contributed by atoms with Gasteiger partial charge in [0, 0.05) is 18.7 Å². The number of ether oxygens (including phenoxy) is 4. The van der Waals surface area contributed by atoms with Gasteiger partial charge < -0.3 is 24.1 Å². The third kappa shape index (κ3) is 4.18. The summed E-state index contributed by atoms with van der Waals surface area (Å²) in [6.07, 6.45) is -0.734. The van der Waals surface area contributed by atoms with Gasteiger partial charge in [0.05, 0.1) is 34.0 Å². The smallest absolute Gasteiger partial charge is 0.128 e. The van der Waals surface area contributed by atoms with Crippen LogP contribution in [0.1, 0.15) is 11.7 Å². The molecule has 0 spiro atoms. The molecule has 102 valence electrons. The van der Waals surface area contributed by atoms with E-state index in [2.05, 4.69) is 0 Å². The predicted octanol–water partition coefficient (Wildman–Crippen LogP) is 1.40. The fourth-order valence-corrected chi connectivity index (χ4v) is 1.52. The molecule has 1 N–H and O–H groups in total. The van der Waals surface area contributed by atoms with Crippen LogP contribution in [0.3, 0.4) is 0 Å². The van der Waals surface area contributed by atoms with E-state index in [0.717, 1.165) is 0 Å². The van der Waals surface area contributed by atoms with E-state index in [0.29, 0.717) is 30.3 Å². The molecule has 0 amide bonds. The quantitative estimate of drug-likeness (QED) is 0.712. The normalized spacial score (nSPS) is 12.2. The number of hydrogen-bond acceptors (Lipinski definition) is 5. The van der Waals surface area contributed by atoms with E-state index in [1.165, 1.54) is 0 Å². The topological polar surface area (TPSA) is 57.2 Å². The molecule has 1 unspecified atom stereocenters. The lowest BCUT2D eigenvalue weighted by atomic mass is 10.1. The molecule has 0 heterocycles. The molecule has 1 rings (SSSR count). The molecular formula is C13H20O5. The molecule has 0 bridgehead atoms. The van der Waals surface area contributed by atoms with Crippen molar-refractivity contribution in [1.82, 2.24) is 0 Å². The van der Waals surface area contributed by atoms with Crippen molar-refractivity contribution in [2.75, 3.05) is 41.2 Å². The van der Waals surface area contributed by atoms with Gasteiger partial charge in [0.1, 0.15) is 17.6 Å².